The van der Waals surface area contributed by atoms with Crippen LogP contribution in [0.1, 0.15) is 18.3 Å². The third-order valence-corrected chi connectivity index (χ3v) is 5.16. The molecule has 0 aliphatic carbocycles. The number of ether oxygens (including phenoxy) is 2. The first-order valence-corrected chi connectivity index (χ1v) is 9.79. The van der Waals surface area contributed by atoms with E-state index in [9.17, 15) is 0 Å². The van der Waals surface area contributed by atoms with Crippen molar-refractivity contribution in [1.82, 2.24) is 19.7 Å². The highest BCUT2D eigenvalue weighted by Gasteiger charge is 2.14. The van der Waals surface area contributed by atoms with Crippen LogP contribution in [-0.2, 0) is 17.9 Å². The smallest absolute Gasteiger partial charge is 0.191 e. The van der Waals surface area contributed by atoms with Gasteiger partial charge in [0.05, 0.1) is 13.2 Å². The minimum atomic E-state index is 0.439. The maximum absolute atomic E-state index is 5.87. The maximum atomic E-state index is 5.87. The fourth-order valence-electron chi connectivity index (χ4n) is 2.79. The standard InChI is InChI=1S/C18H26N4O2S/c1-3-22-17(14-24-16-6-4-5-15(2)13-16)19-20-18(22)25-12-9-21-7-10-23-11-8-21/h4-6,13H,3,7-12,14H2,1-2H3. The van der Waals surface area contributed by atoms with E-state index in [0.717, 1.165) is 61.9 Å². The molecule has 0 radical (unpaired) electrons. The van der Waals surface area contributed by atoms with E-state index in [1.807, 2.05) is 18.2 Å². The van der Waals surface area contributed by atoms with Crippen LogP contribution in [0, 0.1) is 6.92 Å². The van der Waals surface area contributed by atoms with Crippen LogP contribution >= 0.6 is 11.8 Å². The van der Waals surface area contributed by atoms with Gasteiger partial charge in [0, 0.05) is 31.9 Å². The summed E-state index contributed by atoms with van der Waals surface area (Å²) >= 11 is 1.76. The van der Waals surface area contributed by atoms with E-state index in [4.69, 9.17) is 9.47 Å². The van der Waals surface area contributed by atoms with E-state index in [0.29, 0.717) is 6.61 Å². The zero-order valence-corrected chi connectivity index (χ0v) is 15.8. The van der Waals surface area contributed by atoms with Crippen LogP contribution in [0.5, 0.6) is 5.75 Å². The number of thioether (sulfide) groups is 1. The fraction of sp³-hybridized carbons (Fsp3) is 0.556. The Morgan fingerprint density at radius 1 is 1.24 bits per heavy atom. The highest BCUT2D eigenvalue weighted by atomic mass is 32.2. The Bertz CT molecular complexity index is 671. The average molecular weight is 362 g/mol. The molecule has 136 valence electrons. The molecule has 0 atom stereocenters. The van der Waals surface area contributed by atoms with Gasteiger partial charge in [-0.3, -0.25) is 4.90 Å². The second-order valence-corrected chi connectivity index (χ2v) is 7.11. The molecule has 1 aliphatic heterocycles. The summed E-state index contributed by atoms with van der Waals surface area (Å²) in [7, 11) is 0. The van der Waals surface area contributed by atoms with Crippen molar-refractivity contribution >= 4 is 11.8 Å². The molecule has 1 aliphatic rings. The summed E-state index contributed by atoms with van der Waals surface area (Å²) in [6.45, 7) is 10.3. The highest BCUT2D eigenvalue weighted by Crippen LogP contribution is 2.19. The lowest BCUT2D eigenvalue weighted by molar-refractivity contribution is 0.0410. The van der Waals surface area contributed by atoms with E-state index in [2.05, 4.69) is 39.6 Å². The van der Waals surface area contributed by atoms with Gasteiger partial charge in [0.15, 0.2) is 11.0 Å². The molecule has 0 bridgehead atoms. The van der Waals surface area contributed by atoms with Gasteiger partial charge >= 0.3 is 0 Å². The van der Waals surface area contributed by atoms with Crippen molar-refractivity contribution in [3.63, 3.8) is 0 Å². The lowest BCUT2D eigenvalue weighted by Gasteiger charge is -2.26. The predicted molar refractivity (Wildman–Crippen MR) is 99.2 cm³/mol. The van der Waals surface area contributed by atoms with Crippen molar-refractivity contribution in [3.05, 3.63) is 35.7 Å². The minimum Gasteiger partial charge on any atom is -0.486 e. The quantitative estimate of drug-likeness (QED) is 0.673. The zero-order valence-electron chi connectivity index (χ0n) is 15.0. The summed E-state index contributed by atoms with van der Waals surface area (Å²) in [6, 6.07) is 8.06. The van der Waals surface area contributed by atoms with Crippen molar-refractivity contribution in [3.8, 4) is 5.75 Å². The summed E-state index contributed by atoms with van der Waals surface area (Å²) in [4.78, 5) is 2.44. The van der Waals surface area contributed by atoms with Gasteiger partial charge in [-0.2, -0.15) is 0 Å². The number of nitrogens with zero attached hydrogens (tertiary/aromatic N) is 4. The molecule has 2 heterocycles. The molecule has 0 amide bonds. The van der Waals surface area contributed by atoms with E-state index >= 15 is 0 Å². The molecule has 3 rings (SSSR count). The van der Waals surface area contributed by atoms with Crippen LogP contribution < -0.4 is 4.74 Å². The number of hydrogen-bond donors (Lipinski definition) is 0. The lowest BCUT2D eigenvalue weighted by Crippen LogP contribution is -2.37. The molecule has 0 spiro atoms. The average Bonchev–Trinajstić information content (AvgIpc) is 3.03. The topological polar surface area (TPSA) is 52.4 Å². The SMILES string of the molecule is CCn1c(COc2cccc(C)c2)nnc1SCCN1CCOCC1. The number of rotatable bonds is 8. The third kappa shape index (κ3) is 5.20. The number of aryl methyl sites for hydroxylation is 1. The number of benzene rings is 1. The van der Waals surface area contributed by atoms with E-state index < -0.39 is 0 Å². The monoisotopic (exact) mass is 362 g/mol. The first-order chi connectivity index (χ1) is 12.3. The van der Waals surface area contributed by atoms with Crippen LogP contribution in [0.15, 0.2) is 29.4 Å². The molecule has 6 nitrogen and oxygen atoms in total. The normalized spacial score (nSPS) is 15.4. The Balaban J connectivity index is 1.53. The first kappa shape index (κ1) is 18.2. The van der Waals surface area contributed by atoms with Crippen LogP contribution in [0.3, 0.4) is 0 Å². The summed E-state index contributed by atoms with van der Waals surface area (Å²) in [6.07, 6.45) is 0. The van der Waals surface area contributed by atoms with Gasteiger partial charge in [0.25, 0.3) is 0 Å². The van der Waals surface area contributed by atoms with Gasteiger partial charge in [-0.1, -0.05) is 23.9 Å². The van der Waals surface area contributed by atoms with Gasteiger partial charge in [-0.05, 0) is 31.5 Å². The van der Waals surface area contributed by atoms with Crippen molar-refractivity contribution in [2.24, 2.45) is 0 Å². The van der Waals surface area contributed by atoms with Gasteiger partial charge in [0.2, 0.25) is 0 Å². The van der Waals surface area contributed by atoms with E-state index in [1.165, 1.54) is 5.56 Å². The molecule has 2 aromatic rings. The van der Waals surface area contributed by atoms with Crippen molar-refractivity contribution in [2.75, 3.05) is 38.6 Å². The van der Waals surface area contributed by atoms with Crippen LogP contribution in [0.2, 0.25) is 0 Å². The molecule has 1 saturated heterocycles. The Hall–Kier alpha value is -1.57. The van der Waals surface area contributed by atoms with Gasteiger partial charge in [0.1, 0.15) is 12.4 Å². The van der Waals surface area contributed by atoms with Crippen LogP contribution in [0.25, 0.3) is 0 Å². The number of hydrogen-bond acceptors (Lipinski definition) is 6. The van der Waals surface area contributed by atoms with Gasteiger partial charge in [-0.25, -0.2) is 0 Å². The molecule has 7 heteroatoms. The molecule has 1 fully saturated rings. The minimum absolute atomic E-state index is 0.439. The Morgan fingerprint density at radius 3 is 2.84 bits per heavy atom. The molecule has 1 aromatic carbocycles. The summed E-state index contributed by atoms with van der Waals surface area (Å²) < 4.78 is 13.4. The Kier molecular flexibility index (Phi) is 6.72. The van der Waals surface area contributed by atoms with Gasteiger partial charge < -0.3 is 14.0 Å². The Morgan fingerprint density at radius 2 is 2.08 bits per heavy atom. The maximum Gasteiger partial charge on any atom is 0.191 e. The first-order valence-electron chi connectivity index (χ1n) is 8.80. The number of morpholine rings is 1. The zero-order chi connectivity index (χ0) is 17.5. The lowest BCUT2D eigenvalue weighted by atomic mass is 10.2. The summed E-state index contributed by atoms with van der Waals surface area (Å²) in [5, 5.41) is 9.65. The molecule has 0 unspecified atom stereocenters. The number of aromatic nitrogens is 3. The highest BCUT2D eigenvalue weighted by molar-refractivity contribution is 7.99. The van der Waals surface area contributed by atoms with Crippen LogP contribution in [0.4, 0.5) is 0 Å². The van der Waals surface area contributed by atoms with Crippen LogP contribution in [-0.4, -0.2) is 58.3 Å². The van der Waals surface area contributed by atoms with Crippen molar-refractivity contribution in [2.45, 2.75) is 32.2 Å². The molecular weight excluding hydrogens is 336 g/mol. The predicted octanol–water partition coefficient (Wildman–Crippen LogP) is 2.61. The second-order valence-electron chi connectivity index (χ2n) is 6.05. The molecule has 1 aromatic heterocycles. The largest absolute Gasteiger partial charge is 0.486 e. The summed E-state index contributed by atoms with van der Waals surface area (Å²) in [5.74, 6) is 2.75. The molecule has 25 heavy (non-hydrogen) atoms. The van der Waals surface area contributed by atoms with E-state index in [-0.39, 0.29) is 0 Å². The molecular formula is C18H26N4O2S. The third-order valence-electron chi connectivity index (χ3n) is 4.21. The molecule has 0 saturated carbocycles. The Labute approximate surface area is 153 Å². The van der Waals surface area contributed by atoms with E-state index in [1.54, 1.807) is 11.8 Å². The van der Waals surface area contributed by atoms with Gasteiger partial charge in [-0.15, -0.1) is 10.2 Å². The van der Waals surface area contributed by atoms with Crippen molar-refractivity contribution in [1.29, 1.82) is 0 Å². The van der Waals surface area contributed by atoms with Crippen molar-refractivity contribution < 1.29 is 9.47 Å². The second kappa shape index (κ2) is 9.22. The fourth-order valence-corrected chi connectivity index (χ4v) is 3.81. The summed E-state index contributed by atoms with van der Waals surface area (Å²) in [5.41, 5.74) is 1.19. The molecule has 0 N–H and O–H groups in total.